The van der Waals surface area contributed by atoms with E-state index >= 15 is 0 Å². The highest BCUT2D eigenvalue weighted by Crippen LogP contribution is 2.35. The average molecular weight is 659 g/mol. The summed E-state index contributed by atoms with van der Waals surface area (Å²) in [7, 11) is 0.751. The highest BCUT2D eigenvalue weighted by Gasteiger charge is 2.31. The first-order chi connectivity index (χ1) is 22.2. The summed E-state index contributed by atoms with van der Waals surface area (Å²) in [5, 5.41) is 4.21. The van der Waals surface area contributed by atoms with Gasteiger partial charge in [0, 0.05) is 53.5 Å². The number of anilines is 2. The van der Waals surface area contributed by atoms with Crippen LogP contribution >= 0.6 is 11.8 Å². The molecule has 2 aromatic carbocycles. The number of sulfone groups is 1. The number of hydrogen-bond acceptors (Lipinski definition) is 9. The van der Waals surface area contributed by atoms with Gasteiger partial charge in [0.15, 0.2) is 9.84 Å². The summed E-state index contributed by atoms with van der Waals surface area (Å²) in [6.07, 6.45) is 5.23. The smallest absolute Gasteiger partial charge is 0.260 e. The SMILES string of the molecule is Cc1cc(S(=O)(=O)C2CCN(C)CC2)ccc1-c1cc2cnc(Nc3ccc(C4CN(C)CCS4)cc3)nc2n(CC2CC2)c1=O. The number of likely N-dealkylation sites (tertiary alicyclic amines) is 1. The normalized spacial score (nSPS) is 20.3. The number of benzene rings is 2. The molecule has 46 heavy (non-hydrogen) atoms. The zero-order valence-electron chi connectivity index (χ0n) is 26.8. The summed E-state index contributed by atoms with van der Waals surface area (Å²) in [6.45, 7) is 6.22. The monoisotopic (exact) mass is 658 g/mol. The molecule has 4 heterocycles. The Morgan fingerprint density at radius 2 is 1.70 bits per heavy atom. The van der Waals surface area contributed by atoms with E-state index in [0.29, 0.717) is 52.6 Å². The molecule has 3 fully saturated rings. The van der Waals surface area contributed by atoms with E-state index < -0.39 is 9.84 Å². The lowest BCUT2D eigenvalue weighted by molar-refractivity contribution is 0.277. The first-order valence-corrected chi connectivity index (χ1v) is 18.9. The molecule has 0 amide bonds. The first-order valence-electron chi connectivity index (χ1n) is 16.3. The molecule has 1 atom stereocenters. The minimum absolute atomic E-state index is 0.114. The van der Waals surface area contributed by atoms with E-state index in [1.807, 2.05) is 31.8 Å². The number of hydrogen-bond donors (Lipinski definition) is 1. The Bertz CT molecular complexity index is 1920. The lowest BCUT2D eigenvalue weighted by Crippen LogP contribution is -2.37. The maximum atomic E-state index is 14.1. The topological polar surface area (TPSA) is 100 Å². The Labute approximate surface area is 275 Å². The van der Waals surface area contributed by atoms with Crippen LogP contribution in [0.5, 0.6) is 0 Å². The van der Waals surface area contributed by atoms with Gasteiger partial charge in [0.05, 0.1) is 10.1 Å². The van der Waals surface area contributed by atoms with Crippen molar-refractivity contribution in [3.05, 3.63) is 76.2 Å². The van der Waals surface area contributed by atoms with E-state index in [4.69, 9.17) is 4.98 Å². The fourth-order valence-corrected chi connectivity index (χ4v) is 9.86. The van der Waals surface area contributed by atoms with E-state index in [2.05, 4.69) is 51.4 Å². The number of fused-ring (bicyclic) bond motifs is 1. The highest BCUT2D eigenvalue weighted by atomic mass is 32.2. The number of nitrogens with zero attached hydrogens (tertiary/aromatic N) is 5. The van der Waals surface area contributed by atoms with Gasteiger partial charge in [0.25, 0.3) is 5.56 Å². The van der Waals surface area contributed by atoms with Crippen LogP contribution in [-0.4, -0.2) is 84.0 Å². The number of thioether (sulfide) groups is 1. The maximum absolute atomic E-state index is 14.1. The van der Waals surface area contributed by atoms with Crippen LogP contribution < -0.4 is 10.9 Å². The van der Waals surface area contributed by atoms with E-state index in [9.17, 15) is 13.2 Å². The van der Waals surface area contributed by atoms with Gasteiger partial charge in [-0.05, 0) is 113 Å². The second kappa shape index (κ2) is 12.7. The molecule has 2 aromatic heterocycles. The molecule has 1 saturated carbocycles. The lowest BCUT2D eigenvalue weighted by atomic mass is 10.0. The zero-order chi connectivity index (χ0) is 32.0. The van der Waals surface area contributed by atoms with E-state index in [0.717, 1.165) is 67.0 Å². The van der Waals surface area contributed by atoms with E-state index in [1.165, 1.54) is 5.56 Å². The zero-order valence-corrected chi connectivity index (χ0v) is 28.4. The Morgan fingerprint density at radius 3 is 2.39 bits per heavy atom. The minimum Gasteiger partial charge on any atom is -0.324 e. The fourth-order valence-electron chi connectivity index (χ4n) is 6.63. The van der Waals surface area contributed by atoms with Gasteiger partial charge in [0.1, 0.15) is 5.65 Å². The lowest BCUT2D eigenvalue weighted by Gasteiger charge is -2.29. The van der Waals surface area contributed by atoms with Crippen molar-refractivity contribution in [3.8, 4) is 11.1 Å². The predicted molar refractivity (Wildman–Crippen MR) is 187 cm³/mol. The number of pyridine rings is 1. The molecule has 2 aliphatic heterocycles. The van der Waals surface area contributed by atoms with Gasteiger partial charge < -0.3 is 15.1 Å². The molecule has 1 aliphatic carbocycles. The molecule has 0 radical (unpaired) electrons. The summed E-state index contributed by atoms with van der Waals surface area (Å²) < 4.78 is 28.7. The van der Waals surface area contributed by atoms with Crippen molar-refractivity contribution in [2.45, 2.75) is 54.5 Å². The highest BCUT2D eigenvalue weighted by molar-refractivity contribution is 7.99. The van der Waals surface area contributed by atoms with Gasteiger partial charge in [-0.2, -0.15) is 16.7 Å². The van der Waals surface area contributed by atoms with Crippen LogP contribution in [0, 0.1) is 12.8 Å². The second-order valence-corrected chi connectivity index (χ2v) is 16.8. The van der Waals surface area contributed by atoms with Crippen LogP contribution in [0.2, 0.25) is 0 Å². The molecule has 1 unspecified atom stereocenters. The van der Waals surface area contributed by atoms with Crippen molar-refractivity contribution in [3.63, 3.8) is 0 Å². The van der Waals surface area contributed by atoms with Crippen LogP contribution in [-0.2, 0) is 16.4 Å². The molecule has 7 rings (SSSR count). The van der Waals surface area contributed by atoms with Gasteiger partial charge >= 0.3 is 0 Å². The van der Waals surface area contributed by atoms with Crippen LogP contribution in [0.1, 0.15) is 42.1 Å². The quantitative estimate of drug-likeness (QED) is 0.263. The number of aryl methyl sites for hydroxylation is 1. The van der Waals surface area contributed by atoms with Gasteiger partial charge in [-0.15, -0.1) is 0 Å². The number of likely N-dealkylation sites (N-methyl/N-ethyl adjacent to an activating group) is 1. The van der Waals surface area contributed by atoms with Gasteiger partial charge in [-0.1, -0.05) is 18.2 Å². The number of aromatic nitrogens is 3. The molecule has 242 valence electrons. The molecule has 11 heteroatoms. The molecular formula is C35H42N6O3S2. The van der Waals surface area contributed by atoms with Crippen LogP contribution in [0.4, 0.5) is 11.6 Å². The molecule has 0 bridgehead atoms. The molecule has 2 saturated heterocycles. The molecular weight excluding hydrogens is 617 g/mol. The third kappa shape index (κ3) is 6.47. The largest absolute Gasteiger partial charge is 0.324 e. The Kier molecular flexibility index (Phi) is 8.69. The van der Waals surface area contributed by atoms with Gasteiger partial charge in [-0.3, -0.25) is 9.36 Å². The van der Waals surface area contributed by atoms with Crippen LogP contribution in [0.15, 0.2) is 64.4 Å². The average Bonchev–Trinajstić information content (AvgIpc) is 3.87. The molecule has 4 aromatic rings. The number of piperidine rings is 1. The van der Waals surface area contributed by atoms with Crippen LogP contribution in [0.3, 0.4) is 0 Å². The maximum Gasteiger partial charge on any atom is 0.260 e. The third-order valence-electron chi connectivity index (χ3n) is 9.69. The molecule has 0 spiro atoms. The summed E-state index contributed by atoms with van der Waals surface area (Å²) in [5.74, 6) is 2.04. The van der Waals surface area contributed by atoms with Crippen molar-refractivity contribution in [2.24, 2.45) is 5.92 Å². The van der Waals surface area contributed by atoms with E-state index in [-0.39, 0.29) is 10.8 Å². The Morgan fingerprint density at radius 1 is 0.935 bits per heavy atom. The Hall–Kier alpha value is -3.25. The molecule has 1 N–H and O–H groups in total. The predicted octanol–water partition coefficient (Wildman–Crippen LogP) is 5.51. The first kappa shape index (κ1) is 31.4. The van der Waals surface area contributed by atoms with Gasteiger partial charge in [-0.25, -0.2) is 13.4 Å². The number of rotatable bonds is 8. The molecule has 9 nitrogen and oxygen atoms in total. The number of nitrogens with one attached hydrogen (secondary N) is 1. The fraction of sp³-hybridized carbons (Fsp3) is 0.457. The summed E-state index contributed by atoms with van der Waals surface area (Å²) in [6, 6.07) is 15.5. The minimum atomic E-state index is -3.45. The third-order valence-corrected chi connectivity index (χ3v) is 13.2. The molecule has 3 aliphatic rings. The second-order valence-electron chi connectivity index (χ2n) is 13.3. The standard InChI is InChI=1S/C35H42N6O3S2/c1-23-18-29(46(43,44)28-12-14-39(2)15-13-28)10-11-30(23)31-19-26-20-36-35(38-33(26)41(34(31)42)21-24-4-5-24)37-27-8-6-25(7-9-27)32-22-40(3)16-17-45-32/h6-11,18-20,24,28,32H,4-5,12-17,21-22H2,1-3H3,(H,36,37,38). The van der Waals surface area contributed by atoms with Crippen LogP contribution in [0.25, 0.3) is 22.2 Å². The van der Waals surface area contributed by atoms with Crippen molar-refractivity contribution >= 4 is 44.3 Å². The summed E-state index contributed by atoms with van der Waals surface area (Å²) in [5.41, 5.74) is 4.76. The van der Waals surface area contributed by atoms with Crippen molar-refractivity contribution in [2.75, 3.05) is 51.3 Å². The van der Waals surface area contributed by atoms with E-state index in [1.54, 1.807) is 29.0 Å². The summed E-state index contributed by atoms with van der Waals surface area (Å²) >= 11 is 2.00. The van der Waals surface area contributed by atoms with Crippen molar-refractivity contribution in [1.82, 2.24) is 24.3 Å². The van der Waals surface area contributed by atoms with Crippen molar-refractivity contribution in [1.29, 1.82) is 0 Å². The van der Waals surface area contributed by atoms with Gasteiger partial charge in [0.2, 0.25) is 5.95 Å². The summed E-state index contributed by atoms with van der Waals surface area (Å²) in [4.78, 5) is 28.4. The Balaban J connectivity index is 1.18. The van der Waals surface area contributed by atoms with Crippen molar-refractivity contribution < 1.29 is 8.42 Å².